The number of nitrogens with zero attached hydrogens (tertiary/aromatic N) is 3. The number of aryl methyl sites for hydroxylation is 2. The van der Waals surface area contributed by atoms with E-state index in [1.165, 1.54) is 20.6 Å². The topological polar surface area (TPSA) is 121 Å². The molecule has 0 saturated carbocycles. The van der Waals surface area contributed by atoms with Gasteiger partial charge in [0.25, 0.3) is 5.56 Å². The number of amides is 2. The van der Waals surface area contributed by atoms with Gasteiger partial charge in [-0.1, -0.05) is 33.8 Å². The number of nitrogen functional groups attached to an aromatic ring is 1. The molecular formula is C26H35N5O4. The smallest absolute Gasteiger partial charge is 0.330 e. The SMILES string of the molecule is CC(C)CN(C(=O)C1CC(=O)N(c2ccc3c(c2)CCC3)C1)c1c(N)n(CC(C)C)c(=O)[nH]c1=O. The second-order valence-electron chi connectivity index (χ2n) is 10.6. The Morgan fingerprint density at radius 3 is 2.51 bits per heavy atom. The van der Waals surface area contributed by atoms with Crippen LogP contribution in [0.1, 0.15) is 51.7 Å². The Balaban J connectivity index is 1.66. The van der Waals surface area contributed by atoms with Gasteiger partial charge < -0.3 is 15.5 Å². The molecule has 1 fully saturated rings. The lowest BCUT2D eigenvalue weighted by molar-refractivity contribution is -0.124. The maximum absolute atomic E-state index is 13.8. The van der Waals surface area contributed by atoms with Gasteiger partial charge in [-0.15, -0.1) is 0 Å². The summed E-state index contributed by atoms with van der Waals surface area (Å²) in [5.74, 6) is -0.940. The molecule has 3 N–H and O–H groups in total. The number of benzene rings is 1. The zero-order valence-corrected chi connectivity index (χ0v) is 21.0. The lowest BCUT2D eigenvalue weighted by Crippen LogP contribution is -2.45. The van der Waals surface area contributed by atoms with Crippen molar-refractivity contribution >= 4 is 29.0 Å². The van der Waals surface area contributed by atoms with Crippen LogP contribution in [-0.4, -0.2) is 34.5 Å². The Morgan fingerprint density at radius 1 is 1.11 bits per heavy atom. The van der Waals surface area contributed by atoms with Crippen molar-refractivity contribution in [2.45, 2.75) is 59.9 Å². The number of H-pyrrole nitrogens is 1. The number of nitrogens with one attached hydrogen (secondary N) is 1. The Kier molecular flexibility index (Phi) is 6.87. The zero-order valence-electron chi connectivity index (χ0n) is 21.0. The molecule has 1 aliphatic heterocycles. The summed E-state index contributed by atoms with van der Waals surface area (Å²) >= 11 is 0. The molecule has 1 unspecified atom stereocenters. The minimum absolute atomic E-state index is 0.0209. The highest BCUT2D eigenvalue weighted by Crippen LogP contribution is 2.32. The number of aromatic nitrogens is 2. The van der Waals surface area contributed by atoms with E-state index in [4.69, 9.17) is 5.73 Å². The average Bonchev–Trinajstić information content (AvgIpc) is 3.40. The molecule has 2 aromatic rings. The van der Waals surface area contributed by atoms with Gasteiger partial charge >= 0.3 is 5.69 Å². The number of hydrogen-bond acceptors (Lipinski definition) is 5. The minimum Gasteiger partial charge on any atom is -0.383 e. The van der Waals surface area contributed by atoms with Crippen LogP contribution in [0.2, 0.25) is 0 Å². The largest absolute Gasteiger partial charge is 0.383 e. The number of fused-ring (bicyclic) bond motifs is 1. The molecule has 9 heteroatoms. The Labute approximate surface area is 204 Å². The summed E-state index contributed by atoms with van der Waals surface area (Å²) in [6, 6.07) is 6.08. The van der Waals surface area contributed by atoms with Crippen LogP contribution >= 0.6 is 0 Å². The van der Waals surface area contributed by atoms with Gasteiger partial charge in [-0.2, -0.15) is 0 Å². The predicted octanol–water partition coefficient (Wildman–Crippen LogP) is 2.31. The quantitative estimate of drug-likeness (QED) is 0.629. The molecule has 1 aromatic heterocycles. The number of aromatic amines is 1. The highest BCUT2D eigenvalue weighted by atomic mass is 16.2. The Morgan fingerprint density at radius 2 is 1.83 bits per heavy atom. The van der Waals surface area contributed by atoms with E-state index in [1.54, 1.807) is 4.90 Å². The van der Waals surface area contributed by atoms with Crippen LogP contribution in [0, 0.1) is 17.8 Å². The van der Waals surface area contributed by atoms with Crippen LogP contribution in [-0.2, 0) is 29.0 Å². The molecule has 2 heterocycles. The number of anilines is 3. The molecule has 1 aliphatic carbocycles. The van der Waals surface area contributed by atoms with E-state index in [1.807, 2.05) is 33.8 Å². The first kappa shape index (κ1) is 24.8. The van der Waals surface area contributed by atoms with Gasteiger partial charge in [-0.3, -0.25) is 23.9 Å². The molecule has 1 saturated heterocycles. The average molecular weight is 482 g/mol. The van der Waals surface area contributed by atoms with Gasteiger partial charge in [-0.05, 0) is 54.4 Å². The van der Waals surface area contributed by atoms with Crippen molar-refractivity contribution < 1.29 is 9.59 Å². The standard InChI is InChI=1S/C26H35N5O4/c1-15(2)12-30(22-23(27)31(13-16(3)4)26(35)28-24(22)33)25(34)19-11-21(32)29(14-19)20-9-8-17-6-5-7-18(17)10-20/h8-10,15-16,19H,5-7,11-14,27H2,1-4H3,(H,28,33,35). The van der Waals surface area contributed by atoms with Crippen molar-refractivity contribution in [3.8, 4) is 0 Å². The fourth-order valence-corrected chi connectivity index (χ4v) is 5.11. The number of carbonyl (C=O) groups is 2. The molecule has 4 rings (SSSR count). The minimum atomic E-state index is -0.693. The Hall–Kier alpha value is -3.36. The third-order valence-corrected chi connectivity index (χ3v) is 6.71. The van der Waals surface area contributed by atoms with Crippen LogP contribution in [0.3, 0.4) is 0 Å². The van der Waals surface area contributed by atoms with Gasteiger partial charge in [0.1, 0.15) is 5.82 Å². The van der Waals surface area contributed by atoms with Gasteiger partial charge in [-0.25, -0.2) is 4.79 Å². The number of carbonyl (C=O) groups excluding carboxylic acids is 2. The zero-order chi connectivity index (χ0) is 25.4. The van der Waals surface area contributed by atoms with Gasteiger partial charge in [0.2, 0.25) is 11.8 Å². The molecule has 0 bridgehead atoms. The van der Waals surface area contributed by atoms with Crippen molar-refractivity contribution in [2.75, 3.05) is 28.6 Å². The number of nitrogens with two attached hydrogens (primary N) is 1. The van der Waals surface area contributed by atoms with Crippen LogP contribution < -0.4 is 26.8 Å². The van der Waals surface area contributed by atoms with Crippen LogP contribution in [0.25, 0.3) is 0 Å². The summed E-state index contributed by atoms with van der Waals surface area (Å²) in [4.78, 5) is 57.4. The van der Waals surface area contributed by atoms with Crippen LogP contribution in [0.4, 0.5) is 17.2 Å². The summed E-state index contributed by atoms with van der Waals surface area (Å²) in [5.41, 5.74) is 8.40. The fraction of sp³-hybridized carbons (Fsp3) is 0.538. The second-order valence-corrected chi connectivity index (χ2v) is 10.6. The van der Waals surface area contributed by atoms with Crippen molar-refractivity contribution in [1.82, 2.24) is 9.55 Å². The molecule has 1 aromatic carbocycles. The molecular weight excluding hydrogens is 446 g/mol. The van der Waals surface area contributed by atoms with Crippen molar-refractivity contribution in [2.24, 2.45) is 17.8 Å². The first-order valence-electron chi connectivity index (χ1n) is 12.4. The summed E-state index contributed by atoms with van der Waals surface area (Å²) in [6.45, 7) is 8.55. The van der Waals surface area contributed by atoms with Crippen molar-refractivity contribution in [1.29, 1.82) is 0 Å². The lowest BCUT2D eigenvalue weighted by Gasteiger charge is -2.28. The van der Waals surface area contributed by atoms with Gasteiger partial charge in [0, 0.05) is 31.7 Å². The van der Waals surface area contributed by atoms with Gasteiger partial charge in [0.05, 0.1) is 5.92 Å². The van der Waals surface area contributed by atoms with Crippen LogP contribution in [0.5, 0.6) is 0 Å². The second kappa shape index (κ2) is 9.71. The Bertz CT molecular complexity index is 1260. The number of hydrogen-bond donors (Lipinski definition) is 2. The van der Waals surface area contributed by atoms with Crippen LogP contribution in [0.15, 0.2) is 27.8 Å². The summed E-state index contributed by atoms with van der Waals surface area (Å²) in [7, 11) is 0. The molecule has 35 heavy (non-hydrogen) atoms. The molecule has 9 nitrogen and oxygen atoms in total. The van der Waals surface area contributed by atoms with E-state index in [0.29, 0.717) is 6.54 Å². The first-order valence-corrected chi connectivity index (χ1v) is 12.4. The first-order chi connectivity index (χ1) is 16.6. The van der Waals surface area contributed by atoms with E-state index in [9.17, 15) is 19.2 Å². The van der Waals surface area contributed by atoms with E-state index < -0.39 is 17.2 Å². The van der Waals surface area contributed by atoms with Gasteiger partial charge in [0.15, 0.2) is 5.69 Å². The maximum atomic E-state index is 13.8. The molecule has 1 atom stereocenters. The maximum Gasteiger partial charge on any atom is 0.330 e. The van der Waals surface area contributed by atoms with E-state index >= 15 is 0 Å². The third-order valence-electron chi connectivity index (χ3n) is 6.71. The van der Waals surface area contributed by atoms with Crippen molar-refractivity contribution in [3.05, 3.63) is 50.2 Å². The number of rotatable bonds is 7. The highest BCUT2D eigenvalue weighted by Gasteiger charge is 2.39. The van der Waals surface area contributed by atoms with E-state index in [0.717, 1.165) is 24.9 Å². The van der Waals surface area contributed by atoms with E-state index in [2.05, 4.69) is 17.1 Å². The molecule has 0 spiro atoms. The third kappa shape index (κ3) is 4.90. The normalized spacial score (nSPS) is 17.5. The van der Waals surface area contributed by atoms with Crippen molar-refractivity contribution in [3.63, 3.8) is 0 Å². The summed E-state index contributed by atoms with van der Waals surface area (Å²) in [5, 5.41) is 0. The molecule has 0 radical (unpaired) electrons. The molecule has 188 valence electrons. The molecule has 2 aliphatic rings. The lowest BCUT2D eigenvalue weighted by atomic mass is 10.1. The van der Waals surface area contributed by atoms with E-state index in [-0.39, 0.29) is 54.7 Å². The summed E-state index contributed by atoms with van der Waals surface area (Å²) < 4.78 is 1.30. The summed E-state index contributed by atoms with van der Waals surface area (Å²) in [6.07, 6.45) is 3.24. The monoisotopic (exact) mass is 481 g/mol. The molecule has 2 amide bonds. The predicted molar refractivity (Wildman–Crippen MR) is 137 cm³/mol. The highest BCUT2D eigenvalue weighted by molar-refractivity contribution is 6.05. The fourth-order valence-electron chi connectivity index (χ4n) is 5.11.